The number of rotatable bonds is 4. The highest BCUT2D eigenvalue weighted by molar-refractivity contribution is 9.11. The van der Waals surface area contributed by atoms with Crippen LogP contribution in [0, 0.1) is 6.92 Å². The largest absolute Gasteiger partial charge is 0.313 e. The Bertz CT molecular complexity index is 478. The molecule has 0 spiro atoms. The molecule has 1 unspecified atom stereocenters. The van der Waals surface area contributed by atoms with Crippen molar-refractivity contribution in [3.63, 3.8) is 0 Å². The number of aryl methyl sites for hydroxylation is 1. The van der Waals surface area contributed by atoms with E-state index >= 15 is 0 Å². The van der Waals surface area contributed by atoms with Crippen LogP contribution in [0.15, 0.2) is 40.2 Å². The number of benzene rings is 1. The second-order valence-electron chi connectivity index (χ2n) is 4.09. The summed E-state index contributed by atoms with van der Waals surface area (Å²) in [4.78, 5) is 1.38. The van der Waals surface area contributed by atoms with Crippen LogP contribution in [-0.4, -0.2) is 7.05 Å². The molecule has 2 rings (SSSR count). The van der Waals surface area contributed by atoms with Gasteiger partial charge in [-0.25, -0.2) is 0 Å². The molecule has 0 bridgehead atoms. The van der Waals surface area contributed by atoms with Crippen molar-refractivity contribution in [3.8, 4) is 0 Å². The lowest BCUT2D eigenvalue weighted by Crippen LogP contribution is -2.18. The van der Waals surface area contributed by atoms with E-state index in [9.17, 15) is 0 Å². The van der Waals surface area contributed by atoms with E-state index < -0.39 is 0 Å². The van der Waals surface area contributed by atoms with Gasteiger partial charge in [0.2, 0.25) is 0 Å². The zero-order valence-corrected chi connectivity index (χ0v) is 12.4. The topological polar surface area (TPSA) is 12.0 Å². The molecular weight excluding hydrogens is 294 g/mol. The maximum absolute atomic E-state index is 3.56. The van der Waals surface area contributed by atoms with Gasteiger partial charge in [0.25, 0.3) is 0 Å². The highest BCUT2D eigenvalue weighted by Gasteiger charge is 2.14. The molecule has 1 heterocycles. The van der Waals surface area contributed by atoms with Gasteiger partial charge in [-0.3, -0.25) is 0 Å². The van der Waals surface area contributed by atoms with E-state index in [1.165, 1.54) is 19.8 Å². The maximum Gasteiger partial charge on any atom is 0.0704 e. The van der Waals surface area contributed by atoms with E-state index in [1.807, 2.05) is 7.05 Å². The molecule has 2 aromatic rings. The second kappa shape index (κ2) is 5.80. The van der Waals surface area contributed by atoms with E-state index in [4.69, 9.17) is 0 Å². The third-order valence-electron chi connectivity index (χ3n) is 2.93. The van der Waals surface area contributed by atoms with Crippen LogP contribution in [0.1, 0.15) is 22.0 Å². The lowest BCUT2D eigenvalue weighted by molar-refractivity contribution is 0.591. The molecule has 3 heteroatoms. The maximum atomic E-state index is 3.56. The molecule has 1 N–H and O–H groups in total. The Kier molecular flexibility index (Phi) is 4.37. The minimum Gasteiger partial charge on any atom is -0.313 e. The van der Waals surface area contributed by atoms with Gasteiger partial charge in [-0.15, -0.1) is 11.3 Å². The predicted octanol–water partition coefficient (Wildman–Crippen LogP) is 4.32. The first kappa shape index (κ1) is 12.8. The van der Waals surface area contributed by atoms with Gasteiger partial charge in [0.05, 0.1) is 3.79 Å². The summed E-state index contributed by atoms with van der Waals surface area (Å²) in [5, 5.41) is 3.41. The van der Waals surface area contributed by atoms with Crippen LogP contribution in [-0.2, 0) is 6.42 Å². The quantitative estimate of drug-likeness (QED) is 0.886. The van der Waals surface area contributed by atoms with E-state index in [0.29, 0.717) is 6.04 Å². The van der Waals surface area contributed by atoms with E-state index in [0.717, 1.165) is 6.42 Å². The van der Waals surface area contributed by atoms with E-state index in [-0.39, 0.29) is 0 Å². The summed E-state index contributed by atoms with van der Waals surface area (Å²) in [7, 11) is 2.03. The lowest BCUT2D eigenvalue weighted by Gasteiger charge is -2.16. The summed E-state index contributed by atoms with van der Waals surface area (Å²) in [6.07, 6.45) is 1.03. The molecule has 0 amide bonds. The molecule has 1 nitrogen and oxygen atoms in total. The fourth-order valence-corrected chi connectivity index (χ4v) is 3.79. The predicted molar refractivity (Wildman–Crippen MR) is 78.7 cm³/mol. The summed E-state index contributed by atoms with van der Waals surface area (Å²) in [6, 6.07) is 13.2. The normalized spacial score (nSPS) is 12.6. The smallest absolute Gasteiger partial charge is 0.0704 e. The molecule has 1 aromatic heterocycles. The van der Waals surface area contributed by atoms with Crippen molar-refractivity contribution in [2.24, 2.45) is 0 Å². The highest BCUT2D eigenvalue weighted by atomic mass is 79.9. The number of thiophene rings is 1. The number of halogens is 1. The average Bonchev–Trinajstić information content (AvgIpc) is 2.67. The first-order chi connectivity index (χ1) is 8.20. The minimum absolute atomic E-state index is 0.389. The molecule has 0 saturated heterocycles. The summed E-state index contributed by atoms with van der Waals surface area (Å²) >= 11 is 5.36. The third kappa shape index (κ3) is 3.18. The first-order valence-corrected chi connectivity index (χ1v) is 7.28. The zero-order valence-electron chi connectivity index (χ0n) is 10.0. The van der Waals surface area contributed by atoms with Crippen molar-refractivity contribution in [2.75, 3.05) is 7.05 Å². The SMILES string of the molecule is CNC(Cc1ccccc1)c1cc(Br)sc1C. The zero-order chi connectivity index (χ0) is 12.3. The Morgan fingerprint density at radius 1 is 1.29 bits per heavy atom. The Morgan fingerprint density at radius 2 is 2.00 bits per heavy atom. The summed E-state index contributed by atoms with van der Waals surface area (Å²) in [5.41, 5.74) is 2.77. The monoisotopic (exact) mass is 309 g/mol. The van der Waals surface area contributed by atoms with Gasteiger partial charge in [-0.1, -0.05) is 30.3 Å². The van der Waals surface area contributed by atoms with Gasteiger partial charge in [0, 0.05) is 10.9 Å². The van der Waals surface area contributed by atoms with Crippen LogP contribution in [0.4, 0.5) is 0 Å². The molecule has 1 aromatic carbocycles. The molecule has 0 aliphatic carbocycles. The molecule has 0 saturated carbocycles. The molecule has 0 aliphatic heterocycles. The van der Waals surface area contributed by atoms with Gasteiger partial charge in [0.1, 0.15) is 0 Å². The summed E-state index contributed by atoms with van der Waals surface area (Å²) in [5.74, 6) is 0. The van der Waals surface area contributed by atoms with Crippen molar-refractivity contribution in [1.29, 1.82) is 0 Å². The van der Waals surface area contributed by atoms with Gasteiger partial charge in [0.15, 0.2) is 0 Å². The van der Waals surface area contributed by atoms with Crippen molar-refractivity contribution < 1.29 is 0 Å². The highest BCUT2D eigenvalue weighted by Crippen LogP contribution is 2.31. The molecule has 0 aliphatic rings. The Balaban J connectivity index is 2.20. The Labute approximate surface area is 115 Å². The number of nitrogens with one attached hydrogen (secondary N) is 1. The van der Waals surface area contributed by atoms with E-state index in [1.54, 1.807) is 11.3 Å². The number of likely N-dealkylation sites (N-methyl/N-ethyl adjacent to an activating group) is 1. The van der Waals surface area contributed by atoms with Crippen LogP contribution in [0.3, 0.4) is 0 Å². The van der Waals surface area contributed by atoms with Gasteiger partial charge >= 0.3 is 0 Å². The van der Waals surface area contributed by atoms with Crippen LogP contribution in [0.5, 0.6) is 0 Å². The third-order valence-corrected chi connectivity index (χ3v) is 4.50. The lowest BCUT2D eigenvalue weighted by atomic mass is 10.00. The molecule has 17 heavy (non-hydrogen) atoms. The van der Waals surface area contributed by atoms with Crippen molar-refractivity contribution in [3.05, 3.63) is 56.2 Å². The summed E-state index contributed by atoms with van der Waals surface area (Å²) < 4.78 is 1.21. The molecule has 90 valence electrons. The minimum atomic E-state index is 0.389. The van der Waals surface area contributed by atoms with Crippen molar-refractivity contribution in [2.45, 2.75) is 19.4 Å². The van der Waals surface area contributed by atoms with Gasteiger partial charge < -0.3 is 5.32 Å². The Hall–Kier alpha value is -0.640. The standard InChI is InChI=1S/C14H16BrNS/c1-10-12(9-14(15)17-10)13(16-2)8-11-6-4-3-5-7-11/h3-7,9,13,16H,8H2,1-2H3. The van der Waals surface area contributed by atoms with Crippen molar-refractivity contribution in [1.82, 2.24) is 5.32 Å². The second-order valence-corrected chi connectivity index (χ2v) is 6.73. The first-order valence-electron chi connectivity index (χ1n) is 5.67. The van der Waals surface area contributed by atoms with Crippen LogP contribution < -0.4 is 5.32 Å². The van der Waals surface area contributed by atoms with Crippen LogP contribution in [0.2, 0.25) is 0 Å². The van der Waals surface area contributed by atoms with E-state index in [2.05, 4.69) is 64.6 Å². The van der Waals surface area contributed by atoms with Gasteiger partial charge in [-0.05, 0) is 53.5 Å². The van der Waals surface area contributed by atoms with Gasteiger partial charge in [-0.2, -0.15) is 0 Å². The summed E-state index contributed by atoms with van der Waals surface area (Å²) in [6.45, 7) is 2.18. The fourth-order valence-electron chi connectivity index (χ4n) is 2.02. The number of hydrogen-bond acceptors (Lipinski definition) is 2. The average molecular weight is 310 g/mol. The van der Waals surface area contributed by atoms with Crippen LogP contribution >= 0.6 is 27.3 Å². The Morgan fingerprint density at radius 3 is 2.53 bits per heavy atom. The molecule has 0 fully saturated rings. The molecular formula is C14H16BrNS. The van der Waals surface area contributed by atoms with Crippen molar-refractivity contribution >= 4 is 27.3 Å². The molecule has 0 radical (unpaired) electrons. The fraction of sp³-hybridized carbons (Fsp3) is 0.286. The molecule has 1 atom stereocenters. The number of hydrogen-bond donors (Lipinski definition) is 1. The van der Waals surface area contributed by atoms with Crippen LogP contribution in [0.25, 0.3) is 0 Å².